The summed E-state index contributed by atoms with van der Waals surface area (Å²) in [5.74, 6) is -0.245. The van der Waals surface area contributed by atoms with Gasteiger partial charge in [-0.15, -0.1) is 0 Å². The third-order valence-corrected chi connectivity index (χ3v) is 5.19. The van der Waals surface area contributed by atoms with Gasteiger partial charge >= 0.3 is 0 Å². The molecule has 2 aromatic rings. The van der Waals surface area contributed by atoms with Crippen LogP contribution in [0.25, 0.3) is 16.5 Å². The second-order valence-electron chi connectivity index (χ2n) is 5.11. The summed E-state index contributed by atoms with van der Waals surface area (Å²) < 4.78 is 13.7. The van der Waals surface area contributed by atoms with Crippen LogP contribution in [0.4, 0.5) is 4.39 Å². The molecule has 0 spiro atoms. The lowest BCUT2D eigenvalue weighted by Crippen LogP contribution is -2.20. The minimum Gasteiger partial charge on any atom is -0.318 e. The molecule has 0 bridgehead atoms. The molecule has 0 N–H and O–H groups in total. The molecule has 0 amide bonds. The lowest BCUT2D eigenvalue weighted by atomic mass is 10.0. The third kappa shape index (κ3) is 1.97. The van der Waals surface area contributed by atoms with E-state index in [0.29, 0.717) is 5.02 Å². The van der Waals surface area contributed by atoms with E-state index in [4.69, 9.17) is 11.6 Å². The van der Waals surface area contributed by atoms with Crippen LogP contribution in [0.1, 0.15) is 12.5 Å². The molecule has 0 saturated heterocycles. The molecule has 0 saturated carbocycles. The fraction of sp³-hybridized carbons (Fsp3) is 0.188. The van der Waals surface area contributed by atoms with Crippen molar-refractivity contribution < 1.29 is 4.39 Å². The predicted octanol–water partition coefficient (Wildman–Crippen LogP) is 4.74. The Morgan fingerprint density at radius 3 is 2.95 bits per heavy atom. The maximum absolute atomic E-state index is 13.7. The van der Waals surface area contributed by atoms with Gasteiger partial charge in [0.1, 0.15) is 5.82 Å². The van der Waals surface area contributed by atoms with Crippen LogP contribution in [0.2, 0.25) is 5.02 Å². The van der Waals surface area contributed by atoms with Crippen molar-refractivity contribution in [2.75, 3.05) is 13.1 Å². The Morgan fingerprint density at radius 2 is 2.10 bits per heavy atom. The summed E-state index contributed by atoms with van der Waals surface area (Å²) in [5.41, 5.74) is 2.15. The zero-order chi connectivity index (χ0) is 14.6. The van der Waals surface area contributed by atoms with Gasteiger partial charge < -0.3 is 4.90 Å². The number of amidine groups is 1. The maximum atomic E-state index is 13.7. The third-order valence-electron chi connectivity index (χ3n) is 3.83. The number of rotatable bonds is 1. The molecule has 0 radical (unpaired) electrons. The van der Waals surface area contributed by atoms with E-state index >= 15 is 0 Å². The fourth-order valence-corrected chi connectivity index (χ4v) is 4.19. The summed E-state index contributed by atoms with van der Waals surface area (Å²) in [6, 6.07) is 8.61. The Kier molecular flexibility index (Phi) is 2.98. The van der Waals surface area contributed by atoms with E-state index in [1.54, 1.807) is 23.9 Å². The Labute approximate surface area is 131 Å². The van der Waals surface area contributed by atoms with Crippen molar-refractivity contribution in [2.24, 2.45) is 4.99 Å². The second-order valence-corrected chi connectivity index (χ2v) is 6.70. The quantitative estimate of drug-likeness (QED) is 0.754. The number of fused-ring (bicyclic) bond motifs is 2. The van der Waals surface area contributed by atoms with E-state index in [1.165, 1.54) is 11.0 Å². The van der Waals surface area contributed by atoms with E-state index in [2.05, 4.69) is 16.8 Å². The van der Waals surface area contributed by atoms with Crippen molar-refractivity contribution in [1.82, 2.24) is 4.90 Å². The van der Waals surface area contributed by atoms with Crippen LogP contribution < -0.4 is 0 Å². The van der Waals surface area contributed by atoms with Gasteiger partial charge in [-0.1, -0.05) is 29.4 Å². The summed E-state index contributed by atoms with van der Waals surface area (Å²) >= 11 is 7.94. The van der Waals surface area contributed by atoms with E-state index in [9.17, 15) is 4.39 Å². The highest BCUT2D eigenvalue weighted by Crippen LogP contribution is 2.43. The van der Waals surface area contributed by atoms with Crippen molar-refractivity contribution in [1.29, 1.82) is 0 Å². The van der Waals surface area contributed by atoms with E-state index in [0.717, 1.165) is 40.3 Å². The first-order valence-corrected chi connectivity index (χ1v) is 7.93. The smallest absolute Gasteiger partial charge is 0.168 e. The molecule has 21 heavy (non-hydrogen) atoms. The first-order chi connectivity index (χ1) is 10.1. The molecule has 0 unspecified atom stereocenters. The molecular weight excluding hydrogens is 307 g/mol. The van der Waals surface area contributed by atoms with Crippen LogP contribution in [-0.4, -0.2) is 23.2 Å². The number of hydrogen-bond donors (Lipinski definition) is 0. The Hall–Kier alpha value is -1.52. The monoisotopic (exact) mass is 318 g/mol. The van der Waals surface area contributed by atoms with E-state index in [-0.39, 0.29) is 5.82 Å². The predicted molar refractivity (Wildman–Crippen MR) is 88.1 cm³/mol. The van der Waals surface area contributed by atoms with Crippen LogP contribution in [0, 0.1) is 5.82 Å². The van der Waals surface area contributed by atoms with Gasteiger partial charge in [0, 0.05) is 27.4 Å². The average Bonchev–Trinajstić information content (AvgIpc) is 3.00. The molecule has 2 heterocycles. The van der Waals surface area contributed by atoms with Gasteiger partial charge in [-0.3, -0.25) is 4.99 Å². The van der Waals surface area contributed by atoms with Crippen molar-refractivity contribution in [3.63, 3.8) is 0 Å². The van der Waals surface area contributed by atoms with Crippen molar-refractivity contribution in [3.8, 4) is 0 Å². The lowest BCUT2D eigenvalue weighted by molar-refractivity contribution is 0.629. The number of nitrogens with zero attached hydrogens (tertiary/aromatic N) is 2. The molecule has 5 heteroatoms. The molecular formula is C16H12ClFN2S. The Morgan fingerprint density at radius 1 is 1.24 bits per heavy atom. The topological polar surface area (TPSA) is 15.6 Å². The van der Waals surface area contributed by atoms with E-state index in [1.807, 2.05) is 12.1 Å². The minimum atomic E-state index is -0.245. The summed E-state index contributed by atoms with van der Waals surface area (Å²) in [5, 5.41) is 3.42. The summed E-state index contributed by atoms with van der Waals surface area (Å²) in [4.78, 5) is 7.91. The van der Waals surface area contributed by atoms with E-state index < -0.39 is 0 Å². The van der Waals surface area contributed by atoms with Crippen LogP contribution in [0.15, 0.2) is 40.2 Å². The van der Waals surface area contributed by atoms with Crippen molar-refractivity contribution >= 4 is 45.0 Å². The number of allylic oxidation sites excluding steroid dienone is 1. The largest absolute Gasteiger partial charge is 0.318 e. The SMILES string of the molecule is CC1=C(c2ccc(Cl)c3ccc(F)cc23)N2CCN=C2S1. The molecule has 2 nitrogen and oxygen atoms in total. The molecule has 2 aliphatic rings. The summed E-state index contributed by atoms with van der Waals surface area (Å²) in [7, 11) is 0. The number of aliphatic imine (C=N–C) groups is 1. The minimum absolute atomic E-state index is 0.245. The molecule has 106 valence electrons. The van der Waals surface area contributed by atoms with Gasteiger partial charge in [0.2, 0.25) is 0 Å². The standard InChI is InChI=1S/C16H12ClFN2S/c1-9-15(20-7-6-19-16(20)21-9)12-4-5-14(17)11-3-2-10(18)8-13(11)12/h2-5,8H,6-7H2,1H3. The van der Waals surface area contributed by atoms with Gasteiger partial charge in [-0.25, -0.2) is 4.39 Å². The van der Waals surface area contributed by atoms with Gasteiger partial charge in [-0.05, 0) is 36.6 Å². The second kappa shape index (κ2) is 4.75. The van der Waals surface area contributed by atoms with Crippen LogP contribution in [0.3, 0.4) is 0 Å². The average molecular weight is 319 g/mol. The molecule has 0 atom stereocenters. The molecule has 2 aliphatic heterocycles. The first kappa shape index (κ1) is 13.2. The maximum Gasteiger partial charge on any atom is 0.168 e. The van der Waals surface area contributed by atoms with Gasteiger partial charge in [0.15, 0.2) is 5.17 Å². The van der Waals surface area contributed by atoms with Crippen LogP contribution >= 0.6 is 23.4 Å². The number of thioether (sulfide) groups is 1. The van der Waals surface area contributed by atoms with Gasteiger partial charge in [0.25, 0.3) is 0 Å². The van der Waals surface area contributed by atoms with Crippen molar-refractivity contribution in [2.45, 2.75) is 6.92 Å². The number of hydrogen-bond acceptors (Lipinski definition) is 3. The molecule has 0 fully saturated rings. The van der Waals surface area contributed by atoms with Gasteiger partial charge in [0.05, 0.1) is 12.2 Å². The lowest BCUT2D eigenvalue weighted by Gasteiger charge is -2.19. The fourth-order valence-electron chi connectivity index (χ4n) is 2.92. The summed E-state index contributed by atoms with van der Waals surface area (Å²) in [6.45, 7) is 3.79. The number of halogens is 2. The highest BCUT2D eigenvalue weighted by Gasteiger charge is 2.31. The molecule has 2 aromatic carbocycles. The van der Waals surface area contributed by atoms with Crippen LogP contribution in [-0.2, 0) is 0 Å². The summed E-state index contributed by atoms with van der Waals surface area (Å²) in [6.07, 6.45) is 0. The van der Waals surface area contributed by atoms with Crippen LogP contribution in [0.5, 0.6) is 0 Å². The Bertz CT molecular complexity index is 828. The normalized spacial score (nSPS) is 17.7. The highest BCUT2D eigenvalue weighted by molar-refractivity contribution is 8.17. The molecule has 0 aromatic heterocycles. The first-order valence-electron chi connectivity index (χ1n) is 6.74. The highest BCUT2D eigenvalue weighted by atomic mass is 35.5. The van der Waals surface area contributed by atoms with Gasteiger partial charge in [-0.2, -0.15) is 0 Å². The zero-order valence-electron chi connectivity index (χ0n) is 11.4. The molecule has 4 rings (SSSR count). The zero-order valence-corrected chi connectivity index (χ0v) is 12.9. The van der Waals surface area contributed by atoms with Crippen molar-refractivity contribution in [3.05, 3.63) is 51.6 Å². The Balaban J connectivity index is 1.99. The molecule has 0 aliphatic carbocycles. The number of benzene rings is 2.